The van der Waals surface area contributed by atoms with Gasteiger partial charge < -0.3 is 0 Å². The van der Waals surface area contributed by atoms with E-state index in [9.17, 15) is 4.79 Å². The van der Waals surface area contributed by atoms with Gasteiger partial charge in [-0.15, -0.1) is 0 Å². The Bertz CT molecular complexity index is 436. The molecule has 1 atom stereocenters. The first-order chi connectivity index (χ1) is 7.29. The van der Waals surface area contributed by atoms with Gasteiger partial charge in [-0.3, -0.25) is 9.78 Å². The number of hydrogen-bond acceptors (Lipinski definition) is 3. The predicted molar refractivity (Wildman–Crippen MR) is 61.3 cm³/mol. The van der Waals surface area contributed by atoms with Crippen LogP contribution in [0.2, 0.25) is 0 Å². The number of carbonyl (C=O) groups is 1. The van der Waals surface area contributed by atoms with Gasteiger partial charge in [-0.1, -0.05) is 6.07 Å². The van der Waals surface area contributed by atoms with Crippen LogP contribution in [0.25, 0.3) is 0 Å². The molecule has 1 unspecified atom stereocenters. The highest BCUT2D eigenvalue weighted by Gasteiger charge is 2.17. The van der Waals surface area contributed by atoms with E-state index in [1.54, 1.807) is 6.20 Å². The number of nitrogens with zero attached hydrogens (tertiary/aromatic N) is 1. The molecule has 0 bridgehead atoms. The van der Waals surface area contributed by atoms with Crippen molar-refractivity contribution in [3.8, 4) is 0 Å². The van der Waals surface area contributed by atoms with Crippen molar-refractivity contribution < 1.29 is 4.79 Å². The van der Waals surface area contributed by atoms with Crippen LogP contribution in [-0.4, -0.2) is 10.8 Å². The van der Waals surface area contributed by atoms with Crippen LogP contribution in [-0.2, 0) is 0 Å². The molecule has 0 saturated heterocycles. The van der Waals surface area contributed by atoms with Crippen LogP contribution in [0.5, 0.6) is 0 Å². The summed E-state index contributed by atoms with van der Waals surface area (Å²) in [7, 11) is 0. The number of pyridine rings is 1. The number of aromatic nitrogens is 1. The average molecular weight is 217 g/mol. The molecule has 15 heavy (non-hydrogen) atoms. The molecule has 2 heterocycles. The topological polar surface area (TPSA) is 30.0 Å². The van der Waals surface area contributed by atoms with Crippen molar-refractivity contribution in [3.63, 3.8) is 0 Å². The number of thiophene rings is 1. The lowest BCUT2D eigenvalue weighted by Crippen LogP contribution is -2.09. The number of hydrogen-bond donors (Lipinski definition) is 0. The van der Waals surface area contributed by atoms with Crippen LogP contribution in [0.15, 0.2) is 41.2 Å². The summed E-state index contributed by atoms with van der Waals surface area (Å²) in [6, 6.07) is 7.49. The Balaban J connectivity index is 2.23. The third-order valence-electron chi connectivity index (χ3n) is 2.33. The molecular weight excluding hydrogens is 206 g/mol. The van der Waals surface area contributed by atoms with Gasteiger partial charge in [0.15, 0.2) is 5.78 Å². The van der Waals surface area contributed by atoms with E-state index in [0.717, 1.165) is 11.3 Å². The Kier molecular flexibility index (Phi) is 2.92. The van der Waals surface area contributed by atoms with Gasteiger partial charge in [0, 0.05) is 17.1 Å². The van der Waals surface area contributed by atoms with E-state index in [-0.39, 0.29) is 11.7 Å². The quantitative estimate of drug-likeness (QED) is 0.739. The third kappa shape index (κ3) is 2.13. The molecule has 0 spiro atoms. The zero-order valence-corrected chi connectivity index (χ0v) is 9.20. The zero-order valence-electron chi connectivity index (χ0n) is 8.38. The van der Waals surface area contributed by atoms with Gasteiger partial charge in [0.2, 0.25) is 0 Å². The van der Waals surface area contributed by atoms with Gasteiger partial charge in [-0.05, 0) is 30.5 Å². The maximum Gasteiger partial charge on any atom is 0.172 e. The van der Waals surface area contributed by atoms with Gasteiger partial charge in [0.25, 0.3) is 0 Å². The van der Waals surface area contributed by atoms with E-state index in [1.165, 1.54) is 11.3 Å². The van der Waals surface area contributed by atoms with Gasteiger partial charge >= 0.3 is 0 Å². The highest BCUT2D eigenvalue weighted by atomic mass is 32.1. The average Bonchev–Trinajstić information content (AvgIpc) is 2.82. The van der Waals surface area contributed by atoms with Gasteiger partial charge in [-0.25, -0.2) is 0 Å². The van der Waals surface area contributed by atoms with Crippen LogP contribution in [0, 0.1) is 0 Å². The van der Waals surface area contributed by atoms with E-state index in [4.69, 9.17) is 0 Å². The molecule has 0 aliphatic heterocycles. The van der Waals surface area contributed by atoms with E-state index in [1.807, 2.05) is 41.9 Å². The SMILES string of the molecule is CC(C(=O)c1ccsc1)c1ccccn1. The molecule has 2 rings (SSSR count). The number of carbonyl (C=O) groups excluding carboxylic acids is 1. The first kappa shape index (κ1) is 10.1. The summed E-state index contributed by atoms with van der Waals surface area (Å²) >= 11 is 1.54. The summed E-state index contributed by atoms with van der Waals surface area (Å²) < 4.78 is 0. The molecule has 0 amide bonds. The minimum atomic E-state index is -0.166. The van der Waals surface area contributed by atoms with Crippen LogP contribution < -0.4 is 0 Å². The summed E-state index contributed by atoms with van der Waals surface area (Å²) in [5, 5.41) is 3.79. The minimum absolute atomic E-state index is 0.134. The second kappa shape index (κ2) is 4.36. The van der Waals surface area contributed by atoms with E-state index in [0.29, 0.717) is 0 Å². The lowest BCUT2D eigenvalue weighted by molar-refractivity contribution is 0.0965. The molecule has 0 radical (unpaired) electrons. The summed E-state index contributed by atoms with van der Waals surface area (Å²) in [5.41, 5.74) is 1.60. The molecule has 0 aromatic carbocycles. The smallest absolute Gasteiger partial charge is 0.172 e. The van der Waals surface area contributed by atoms with Crippen molar-refractivity contribution in [3.05, 3.63) is 52.5 Å². The predicted octanol–water partition coefficient (Wildman–Crippen LogP) is 3.13. The molecule has 76 valence electrons. The Morgan fingerprint density at radius 2 is 2.27 bits per heavy atom. The molecule has 0 saturated carbocycles. The molecule has 2 aromatic rings. The molecule has 0 aliphatic carbocycles. The van der Waals surface area contributed by atoms with Crippen LogP contribution >= 0.6 is 11.3 Å². The summed E-state index contributed by atoms with van der Waals surface area (Å²) in [6.45, 7) is 1.89. The second-order valence-corrected chi connectivity index (χ2v) is 4.13. The van der Waals surface area contributed by atoms with Crippen molar-refractivity contribution in [2.24, 2.45) is 0 Å². The first-order valence-electron chi connectivity index (χ1n) is 4.76. The van der Waals surface area contributed by atoms with Gasteiger partial charge in [0.05, 0.1) is 11.6 Å². The molecule has 3 heteroatoms. The fraction of sp³-hybridized carbons (Fsp3) is 0.167. The Labute approximate surface area is 92.6 Å². The monoisotopic (exact) mass is 217 g/mol. The lowest BCUT2D eigenvalue weighted by Gasteiger charge is -2.07. The van der Waals surface area contributed by atoms with E-state index < -0.39 is 0 Å². The van der Waals surface area contributed by atoms with E-state index >= 15 is 0 Å². The van der Waals surface area contributed by atoms with Crippen molar-refractivity contribution in [1.82, 2.24) is 4.98 Å². The second-order valence-electron chi connectivity index (χ2n) is 3.35. The summed E-state index contributed by atoms with van der Waals surface area (Å²) in [5.74, 6) is -0.0317. The van der Waals surface area contributed by atoms with Crippen molar-refractivity contribution in [2.75, 3.05) is 0 Å². The molecule has 0 fully saturated rings. The Morgan fingerprint density at radius 1 is 1.40 bits per heavy atom. The summed E-state index contributed by atoms with van der Waals surface area (Å²) in [4.78, 5) is 16.2. The summed E-state index contributed by atoms with van der Waals surface area (Å²) in [6.07, 6.45) is 1.72. The molecule has 0 N–H and O–H groups in total. The lowest BCUT2D eigenvalue weighted by atomic mass is 9.98. The maximum atomic E-state index is 12.0. The standard InChI is InChI=1S/C12H11NOS/c1-9(11-4-2-3-6-13-11)12(14)10-5-7-15-8-10/h2-9H,1H3. The fourth-order valence-electron chi connectivity index (χ4n) is 1.42. The van der Waals surface area contributed by atoms with Gasteiger partial charge in [-0.2, -0.15) is 11.3 Å². The van der Waals surface area contributed by atoms with E-state index in [2.05, 4.69) is 4.98 Å². The van der Waals surface area contributed by atoms with Crippen LogP contribution in [0.4, 0.5) is 0 Å². The fourth-order valence-corrected chi connectivity index (χ4v) is 2.07. The van der Waals surface area contributed by atoms with Crippen LogP contribution in [0.3, 0.4) is 0 Å². The zero-order chi connectivity index (χ0) is 10.7. The number of ketones is 1. The van der Waals surface area contributed by atoms with Crippen LogP contribution in [0.1, 0.15) is 28.9 Å². The maximum absolute atomic E-state index is 12.0. The molecule has 0 aliphatic rings. The van der Waals surface area contributed by atoms with Crippen molar-refractivity contribution in [1.29, 1.82) is 0 Å². The normalized spacial score (nSPS) is 12.3. The third-order valence-corrected chi connectivity index (χ3v) is 3.01. The number of Topliss-reactive ketones (excluding diaryl/α,β-unsaturated/α-hetero) is 1. The van der Waals surface area contributed by atoms with Crippen molar-refractivity contribution in [2.45, 2.75) is 12.8 Å². The minimum Gasteiger partial charge on any atom is -0.293 e. The largest absolute Gasteiger partial charge is 0.293 e. The molecule has 2 nitrogen and oxygen atoms in total. The highest BCUT2D eigenvalue weighted by Crippen LogP contribution is 2.19. The highest BCUT2D eigenvalue weighted by molar-refractivity contribution is 7.08. The molecule has 2 aromatic heterocycles. The van der Waals surface area contributed by atoms with Crippen molar-refractivity contribution >= 4 is 17.1 Å². The molecular formula is C12H11NOS. The Hall–Kier alpha value is -1.48. The first-order valence-corrected chi connectivity index (χ1v) is 5.70. The number of rotatable bonds is 3. The van der Waals surface area contributed by atoms with Gasteiger partial charge in [0.1, 0.15) is 0 Å². The Morgan fingerprint density at radius 3 is 2.87 bits per heavy atom.